The highest BCUT2D eigenvalue weighted by atomic mass is 16.5. The number of nitrogens with one attached hydrogen (secondary N) is 2. The van der Waals surface area contributed by atoms with Crippen molar-refractivity contribution in [3.8, 4) is 5.75 Å². The Hall–Kier alpha value is -3.64. The van der Waals surface area contributed by atoms with Crippen LogP contribution in [0.5, 0.6) is 5.75 Å². The Bertz CT molecular complexity index is 957. The standard InChI is InChI=1S/C24H24N2O3.CH4O/c25-23(20-6-2-1-3-7-20)17-29-22-8-4-5-19(15-22)16-26-21-12-9-18(10-13-21)11-14-24(27)28;1-2/h1-10,12-13,15,25-26H,11,14,16-17H2,(H,27,28);2H,1H3. The number of aryl methyl sites for hydroxylation is 1. The maximum absolute atomic E-state index is 10.6. The van der Waals surface area contributed by atoms with Gasteiger partial charge in [-0.15, -0.1) is 0 Å². The fourth-order valence-electron chi connectivity index (χ4n) is 2.87. The van der Waals surface area contributed by atoms with E-state index in [1.54, 1.807) is 0 Å². The van der Waals surface area contributed by atoms with Gasteiger partial charge in [0.15, 0.2) is 0 Å². The summed E-state index contributed by atoms with van der Waals surface area (Å²) in [5.41, 5.74) is 4.35. The average molecular weight is 421 g/mol. The molecule has 0 unspecified atom stereocenters. The Balaban J connectivity index is 0.00000166. The van der Waals surface area contributed by atoms with Crippen molar-refractivity contribution >= 4 is 17.4 Å². The molecule has 0 aliphatic carbocycles. The van der Waals surface area contributed by atoms with Gasteiger partial charge in [0.25, 0.3) is 0 Å². The number of hydrogen-bond donors (Lipinski definition) is 4. The Labute approximate surface area is 182 Å². The smallest absolute Gasteiger partial charge is 0.303 e. The van der Waals surface area contributed by atoms with Crippen molar-refractivity contribution in [2.75, 3.05) is 19.0 Å². The monoisotopic (exact) mass is 420 g/mol. The molecular formula is C25H28N2O4. The number of carbonyl (C=O) groups is 1. The highest BCUT2D eigenvalue weighted by molar-refractivity contribution is 5.99. The van der Waals surface area contributed by atoms with E-state index in [1.807, 2.05) is 78.9 Å². The van der Waals surface area contributed by atoms with Crippen molar-refractivity contribution in [2.45, 2.75) is 19.4 Å². The molecule has 3 aromatic carbocycles. The summed E-state index contributed by atoms with van der Waals surface area (Å²) in [7, 11) is 1.00. The van der Waals surface area contributed by atoms with Crippen molar-refractivity contribution in [2.24, 2.45) is 0 Å². The van der Waals surface area contributed by atoms with E-state index < -0.39 is 5.97 Å². The van der Waals surface area contributed by atoms with E-state index in [-0.39, 0.29) is 13.0 Å². The number of aliphatic hydroxyl groups excluding tert-OH is 1. The van der Waals surface area contributed by atoms with Gasteiger partial charge in [0, 0.05) is 25.8 Å². The molecule has 0 atom stereocenters. The zero-order chi connectivity index (χ0) is 22.5. The molecule has 0 amide bonds. The zero-order valence-electron chi connectivity index (χ0n) is 17.5. The minimum Gasteiger partial charge on any atom is -0.487 e. The van der Waals surface area contributed by atoms with E-state index >= 15 is 0 Å². The van der Waals surface area contributed by atoms with Crippen molar-refractivity contribution in [1.29, 1.82) is 5.41 Å². The highest BCUT2D eigenvalue weighted by Crippen LogP contribution is 2.17. The van der Waals surface area contributed by atoms with E-state index in [9.17, 15) is 4.79 Å². The zero-order valence-corrected chi connectivity index (χ0v) is 17.5. The number of hydrogen-bond acceptors (Lipinski definition) is 5. The van der Waals surface area contributed by atoms with Crippen LogP contribution in [0.25, 0.3) is 0 Å². The number of aliphatic hydroxyl groups is 1. The molecule has 4 N–H and O–H groups in total. The third kappa shape index (κ3) is 8.32. The van der Waals surface area contributed by atoms with Gasteiger partial charge < -0.3 is 25.7 Å². The van der Waals surface area contributed by atoms with E-state index in [0.29, 0.717) is 18.7 Å². The van der Waals surface area contributed by atoms with Crippen molar-refractivity contribution in [1.82, 2.24) is 0 Å². The Morgan fingerprint density at radius 1 is 0.935 bits per heavy atom. The van der Waals surface area contributed by atoms with Crippen molar-refractivity contribution in [3.05, 3.63) is 95.6 Å². The van der Waals surface area contributed by atoms with Gasteiger partial charge in [0.1, 0.15) is 12.4 Å². The SMILES string of the molecule is CO.N=C(COc1cccc(CNc2ccc(CCC(=O)O)cc2)c1)c1ccccc1. The largest absolute Gasteiger partial charge is 0.487 e. The van der Waals surface area contributed by atoms with E-state index in [0.717, 1.165) is 35.2 Å². The molecule has 0 heterocycles. The number of rotatable bonds is 10. The second kappa shape index (κ2) is 12.8. The summed E-state index contributed by atoms with van der Waals surface area (Å²) in [5.74, 6) is -0.0535. The van der Waals surface area contributed by atoms with Crippen LogP contribution in [-0.2, 0) is 17.8 Å². The summed E-state index contributed by atoms with van der Waals surface area (Å²) in [6, 6.07) is 25.2. The van der Waals surface area contributed by atoms with Gasteiger partial charge in [-0.1, -0.05) is 54.6 Å². The maximum atomic E-state index is 10.6. The number of benzene rings is 3. The van der Waals surface area contributed by atoms with Crippen LogP contribution in [0.3, 0.4) is 0 Å². The second-order valence-corrected chi connectivity index (χ2v) is 6.72. The molecule has 0 fully saturated rings. The summed E-state index contributed by atoms with van der Waals surface area (Å²) < 4.78 is 5.78. The van der Waals surface area contributed by atoms with E-state index in [1.165, 1.54) is 0 Å². The summed E-state index contributed by atoms with van der Waals surface area (Å²) in [6.07, 6.45) is 0.675. The molecular weight excluding hydrogens is 392 g/mol. The number of carboxylic acid groups (broad SMARTS) is 1. The molecule has 0 saturated heterocycles. The molecule has 3 rings (SSSR count). The summed E-state index contributed by atoms with van der Waals surface area (Å²) in [4.78, 5) is 10.6. The van der Waals surface area contributed by atoms with Gasteiger partial charge in [0.05, 0.1) is 5.71 Å². The molecule has 0 radical (unpaired) electrons. The molecule has 162 valence electrons. The molecule has 0 saturated carbocycles. The van der Waals surface area contributed by atoms with Crippen LogP contribution in [-0.4, -0.2) is 35.6 Å². The molecule has 3 aromatic rings. The van der Waals surface area contributed by atoms with Crippen LogP contribution >= 0.6 is 0 Å². The topological polar surface area (TPSA) is 103 Å². The van der Waals surface area contributed by atoms with Crippen LogP contribution in [0.1, 0.15) is 23.1 Å². The number of carboxylic acids is 1. The molecule has 6 nitrogen and oxygen atoms in total. The summed E-state index contributed by atoms with van der Waals surface area (Å²) >= 11 is 0. The van der Waals surface area contributed by atoms with E-state index in [4.69, 9.17) is 20.4 Å². The third-order valence-electron chi connectivity index (χ3n) is 4.48. The van der Waals surface area contributed by atoms with Gasteiger partial charge >= 0.3 is 5.97 Å². The van der Waals surface area contributed by atoms with Gasteiger partial charge in [0.2, 0.25) is 0 Å². The van der Waals surface area contributed by atoms with Gasteiger partial charge in [-0.2, -0.15) is 0 Å². The lowest BCUT2D eigenvalue weighted by Gasteiger charge is -2.11. The maximum Gasteiger partial charge on any atom is 0.303 e. The van der Waals surface area contributed by atoms with Crippen LogP contribution in [0, 0.1) is 5.41 Å². The lowest BCUT2D eigenvalue weighted by molar-refractivity contribution is -0.136. The molecule has 31 heavy (non-hydrogen) atoms. The summed E-state index contributed by atoms with van der Waals surface area (Å²) in [5, 5.41) is 27.2. The first-order valence-electron chi connectivity index (χ1n) is 9.94. The van der Waals surface area contributed by atoms with Gasteiger partial charge in [-0.05, 0) is 47.4 Å². The summed E-state index contributed by atoms with van der Waals surface area (Å²) in [6.45, 7) is 0.862. The molecule has 0 aromatic heterocycles. The molecule has 0 spiro atoms. The quantitative estimate of drug-likeness (QED) is 0.365. The third-order valence-corrected chi connectivity index (χ3v) is 4.48. The lowest BCUT2D eigenvalue weighted by Crippen LogP contribution is -2.11. The second-order valence-electron chi connectivity index (χ2n) is 6.72. The molecule has 0 aliphatic heterocycles. The first-order valence-corrected chi connectivity index (χ1v) is 9.94. The fourth-order valence-corrected chi connectivity index (χ4v) is 2.87. The highest BCUT2D eigenvalue weighted by Gasteiger charge is 2.04. The van der Waals surface area contributed by atoms with Gasteiger partial charge in [-0.3, -0.25) is 4.79 Å². The van der Waals surface area contributed by atoms with Crippen molar-refractivity contribution in [3.63, 3.8) is 0 Å². The Kier molecular flexibility index (Phi) is 9.78. The predicted octanol–water partition coefficient (Wildman–Crippen LogP) is 4.37. The first kappa shape index (κ1) is 23.6. The number of ether oxygens (including phenoxy) is 1. The number of anilines is 1. The van der Waals surface area contributed by atoms with Crippen LogP contribution in [0.2, 0.25) is 0 Å². The van der Waals surface area contributed by atoms with Gasteiger partial charge in [-0.25, -0.2) is 0 Å². The minimum atomic E-state index is -0.784. The van der Waals surface area contributed by atoms with E-state index in [2.05, 4.69) is 5.32 Å². The fraction of sp³-hybridized carbons (Fsp3) is 0.200. The Morgan fingerprint density at radius 3 is 2.32 bits per heavy atom. The number of aliphatic carboxylic acids is 1. The van der Waals surface area contributed by atoms with Crippen LogP contribution < -0.4 is 10.1 Å². The first-order chi connectivity index (χ1) is 15.1. The lowest BCUT2D eigenvalue weighted by atomic mass is 10.1. The van der Waals surface area contributed by atoms with Crippen molar-refractivity contribution < 1.29 is 19.7 Å². The predicted molar refractivity (Wildman–Crippen MR) is 123 cm³/mol. The van der Waals surface area contributed by atoms with Crippen LogP contribution in [0.15, 0.2) is 78.9 Å². The Morgan fingerprint density at radius 2 is 1.65 bits per heavy atom. The average Bonchev–Trinajstić information content (AvgIpc) is 2.82. The molecule has 0 bridgehead atoms. The normalized spacial score (nSPS) is 9.87. The minimum absolute atomic E-state index is 0.140. The van der Waals surface area contributed by atoms with Crippen LogP contribution in [0.4, 0.5) is 5.69 Å². The molecule has 6 heteroatoms. The molecule has 0 aliphatic rings.